The molecule has 5 heteroatoms. The van der Waals surface area contributed by atoms with Crippen LogP contribution in [0.3, 0.4) is 0 Å². The van der Waals surface area contributed by atoms with Gasteiger partial charge >= 0.3 is 0 Å². The van der Waals surface area contributed by atoms with Gasteiger partial charge in [0.15, 0.2) is 0 Å². The highest BCUT2D eigenvalue weighted by atomic mass is 32.2. The Kier molecular flexibility index (Phi) is 4.07. The van der Waals surface area contributed by atoms with Crippen LogP contribution in [0.5, 0.6) is 0 Å². The summed E-state index contributed by atoms with van der Waals surface area (Å²) in [6, 6.07) is 0.0631. The number of rotatable bonds is 4. The molecule has 0 aromatic carbocycles. The van der Waals surface area contributed by atoms with E-state index in [4.69, 9.17) is 5.73 Å². The summed E-state index contributed by atoms with van der Waals surface area (Å²) in [4.78, 5) is 13.1. The third-order valence-corrected chi connectivity index (χ3v) is 4.18. The SMILES string of the molecule is CC(N)CCS(=O)C1CCN(C)C1=O. The van der Waals surface area contributed by atoms with Crippen LogP contribution in [0, 0.1) is 0 Å². The van der Waals surface area contributed by atoms with E-state index in [1.165, 1.54) is 0 Å². The van der Waals surface area contributed by atoms with Gasteiger partial charge in [0, 0.05) is 36.2 Å². The number of amides is 1. The average Bonchev–Trinajstić information content (AvgIpc) is 2.44. The number of likely N-dealkylation sites (tertiary alicyclic amines) is 1. The van der Waals surface area contributed by atoms with Crippen LogP contribution in [0.25, 0.3) is 0 Å². The number of nitrogens with two attached hydrogens (primary N) is 1. The second-order valence-electron chi connectivity index (χ2n) is 3.89. The van der Waals surface area contributed by atoms with Crippen molar-refractivity contribution >= 4 is 16.7 Å². The lowest BCUT2D eigenvalue weighted by Crippen LogP contribution is -2.30. The summed E-state index contributed by atoms with van der Waals surface area (Å²) in [6.07, 6.45) is 1.45. The van der Waals surface area contributed by atoms with Gasteiger partial charge in [-0.1, -0.05) is 0 Å². The van der Waals surface area contributed by atoms with Gasteiger partial charge in [-0.05, 0) is 19.8 Å². The first-order valence-electron chi connectivity index (χ1n) is 4.90. The van der Waals surface area contributed by atoms with Crippen molar-refractivity contribution in [1.82, 2.24) is 4.90 Å². The third kappa shape index (κ3) is 2.78. The van der Waals surface area contributed by atoms with Crippen LogP contribution in [0.4, 0.5) is 0 Å². The number of nitrogens with zero attached hydrogens (tertiary/aromatic N) is 1. The van der Waals surface area contributed by atoms with E-state index in [0.29, 0.717) is 5.75 Å². The molecule has 1 aliphatic rings. The van der Waals surface area contributed by atoms with Gasteiger partial charge in [0.05, 0.1) is 0 Å². The van der Waals surface area contributed by atoms with Crippen molar-refractivity contribution in [1.29, 1.82) is 0 Å². The van der Waals surface area contributed by atoms with Crippen LogP contribution in [0.1, 0.15) is 19.8 Å². The molecule has 1 saturated heterocycles. The summed E-state index contributed by atoms with van der Waals surface area (Å²) in [6.45, 7) is 2.62. The van der Waals surface area contributed by atoms with Crippen molar-refractivity contribution in [3.05, 3.63) is 0 Å². The number of carbonyl (C=O) groups excluding carboxylic acids is 1. The Morgan fingerprint density at radius 2 is 2.36 bits per heavy atom. The summed E-state index contributed by atoms with van der Waals surface area (Å²) in [5.74, 6) is 0.565. The molecule has 82 valence electrons. The van der Waals surface area contributed by atoms with E-state index in [2.05, 4.69) is 0 Å². The first kappa shape index (κ1) is 11.7. The van der Waals surface area contributed by atoms with Gasteiger partial charge in [0.1, 0.15) is 5.25 Å². The van der Waals surface area contributed by atoms with Gasteiger partial charge in [-0.15, -0.1) is 0 Å². The van der Waals surface area contributed by atoms with Gasteiger partial charge in [-0.2, -0.15) is 0 Å². The quantitative estimate of drug-likeness (QED) is 0.705. The highest BCUT2D eigenvalue weighted by Crippen LogP contribution is 2.15. The minimum Gasteiger partial charge on any atom is -0.345 e. The average molecular weight is 218 g/mol. The molecule has 0 aromatic rings. The number of hydrogen-bond acceptors (Lipinski definition) is 3. The van der Waals surface area contributed by atoms with Crippen LogP contribution in [-0.2, 0) is 15.6 Å². The number of carbonyl (C=O) groups is 1. The molecular weight excluding hydrogens is 200 g/mol. The minimum absolute atomic E-state index is 0.0213. The van der Waals surface area contributed by atoms with Crippen LogP contribution in [0.15, 0.2) is 0 Å². The van der Waals surface area contributed by atoms with Gasteiger partial charge < -0.3 is 10.6 Å². The van der Waals surface area contributed by atoms with E-state index < -0.39 is 10.8 Å². The molecule has 1 rings (SSSR count). The Hall–Kier alpha value is -0.420. The maximum atomic E-state index is 11.7. The van der Waals surface area contributed by atoms with Gasteiger partial charge in [0.25, 0.3) is 0 Å². The fourth-order valence-electron chi connectivity index (χ4n) is 1.48. The smallest absolute Gasteiger partial charge is 0.238 e. The molecule has 0 bridgehead atoms. The number of hydrogen-bond donors (Lipinski definition) is 1. The largest absolute Gasteiger partial charge is 0.345 e. The zero-order valence-electron chi connectivity index (χ0n) is 8.73. The molecule has 4 nitrogen and oxygen atoms in total. The van der Waals surface area contributed by atoms with Crippen LogP contribution in [0.2, 0.25) is 0 Å². The first-order valence-corrected chi connectivity index (χ1v) is 6.28. The molecule has 1 heterocycles. The molecule has 14 heavy (non-hydrogen) atoms. The van der Waals surface area contributed by atoms with E-state index >= 15 is 0 Å². The fourth-order valence-corrected chi connectivity index (χ4v) is 3.14. The highest BCUT2D eigenvalue weighted by Gasteiger charge is 2.33. The van der Waals surface area contributed by atoms with Crippen molar-refractivity contribution in [2.45, 2.75) is 31.1 Å². The van der Waals surface area contributed by atoms with Crippen molar-refractivity contribution in [3.63, 3.8) is 0 Å². The van der Waals surface area contributed by atoms with Crippen molar-refractivity contribution in [3.8, 4) is 0 Å². The Balaban J connectivity index is 2.42. The molecule has 0 spiro atoms. The van der Waals surface area contributed by atoms with E-state index in [9.17, 15) is 9.00 Å². The molecule has 0 aliphatic carbocycles. The van der Waals surface area contributed by atoms with Crippen LogP contribution < -0.4 is 5.73 Å². The van der Waals surface area contributed by atoms with Gasteiger partial charge in [-0.25, -0.2) is 0 Å². The molecular formula is C9H18N2O2S. The van der Waals surface area contributed by atoms with E-state index in [1.807, 2.05) is 6.92 Å². The first-order chi connectivity index (χ1) is 6.52. The highest BCUT2D eigenvalue weighted by molar-refractivity contribution is 7.86. The minimum atomic E-state index is -1.04. The molecule has 2 N–H and O–H groups in total. The summed E-state index contributed by atoms with van der Waals surface area (Å²) < 4.78 is 11.7. The molecule has 0 saturated carbocycles. The topological polar surface area (TPSA) is 63.4 Å². The monoisotopic (exact) mass is 218 g/mol. The summed E-state index contributed by atoms with van der Waals surface area (Å²) in [7, 11) is 0.717. The Bertz CT molecular complexity index is 243. The lowest BCUT2D eigenvalue weighted by atomic mass is 10.3. The van der Waals surface area contributed by atoms with E-state index in [0.717, 1.165) is 19.4 Å². The standard InChI is InChI=1S/C9H18N2O2S/c1-7(10)4-6-14(13)8-3-5-11(2)9(8)12/h7-8H,3-6,10H2,1-2H3. The van der Waals surface area contributed by atoms with E-state index in [-0.39, 0.29) is 17.2 Å². The molecule has 0 aromatic heterocycles. The summed E-state index contributed by atoms with van der Waals surface area (Å²) in [5, 5.41) is -0.279. The van der Waals surface area contributed by atoms with E-state index in [1.54, 1.807) is 11.9 Å². The molecule has 3 atom stereocenters. The fraction of sp³-hybridized carbons (Fsp3) is 0.889. The lowest BCUT2D eigenvalue weighted by Gasteiger charge is -2.10. The Labute approximate surface area is 87.3 Å². The van der Waals surface area contributed by atoms with Crippen molar-refractivity contribution in [2.75, 3.05) is 19.3 Å². The maximum Gasteiger partial charge on any atom is 0.238 e. The maximum absolute atomic E-state index is 11.7. The van der Waals surface area contributed by atoms with Crippen molar-refractivity contribution < 1.29 is 9.00 Å². The Morgan fingerprint density at radius 1 is 1.71 bits per heavy atom. The van der Waals surface area contributed by atoms with Crippen molar-refractivity contribution in [2.24, 2.45) is 5.73 Å². The predicted octanol–water partition coefficient (Wildman–Crippen LogP) is -0.297. The predicted molar refractivity (Wildman–Crippen MR) is 57.3 cm³/mol. The zero-order valence-corrected chi connectivity index (χ0v) is 9.55. The summed E-state index contributed by atoms with van der Waals surface area (Å²) in [5.41, 5.74) is 5.57. The molecule has 3 unspecified atom stereocenters. The zero-order chi connectivity index (χ0) is 10.7. The van der Waals surface area contributed by atoms with Gasteiger partial charge in [0.2, 0.25) is 5.91 Å². The molecule has 1 fully saturated rings. The van der Waals surface area contributed by atoms with Gasteiger partial charge in [-0.3, -0.25) is 9.00 Å². The lowest BCUT2D eigenvalue weighted by molar-refractivity contribution is -0.126. The third-order valence-electron chi connectivity index (χ3n) is 2.47. The van der Waals surface area contributed by atoms with Crippen LogP contribution in [-0.4, -0.2) is 45.7 Å². The normalized spacial score (nSPS) is 26.6. The Morgan fingerprint density at radius 3 is 2.79 bits per heavy atom. The summed E-state index contributed by atoms with van der Waals surface area (Å²) >= 11 is 0. The van der Waals surface area contributed by atoms with Crippen LogP contribution >= 0.6 is 0 Å². The second-order valence-corrected chi connectivity index (χ2v) is 5.63. The molecule has 1 aliphatic heterocycles. The molecule has 1 amide bonds. The molecule has 0 radical (unpaired) electrons. The second kappa shape index (κ2) is 4.89.